The number of anilines is 1. The highest BCUT2D eigenvalue weighted by Gasteiger charge is 2.36. The second kappa shape index (κ2) is 8.45. The molecule has 2 N–H and O–H groups in total. The van der Waals surface area contributed by atoms with E-state index in [1.54, 1.807) is 6.07 Å². The van der Waals surface area contributed by atoms with Crippen molar-refractivity contribution in [2.45, 2.75) is 67.9 Å². The lowest BCUT2D eigenvalue weighted by molar-refractivity contribution is -0.0362. The van der Waals surface area contributed by atoms with Crippen LogP contribution in [0, 0.1) is 0 Å². The maximum Gasteiger partial charge on any atom is 0.407 e. The number of carbonyl (C=O) groups is 1. The summed E-state index contributed by atoms with van der Waals surface area (Å²) in [6.45, 7) is 0. The number of alkyl carbamates (subject to hydrolysis) is 1. The van der Waals surface area contributed by atoms with Gasteiger partial charge in [0.1, 0.15) is 18.0 Å². The Labute approximate surface area is 161 Å². The Morgan fingerprint density at radius 1 is 1.26 bits per heavy atom. The number of halogens is 2. The molecule has 0 atom stereocenters. The molecule has 0 saturated heterocycles. The van der Waals surface area contributed by atoms with Gasteiger partial charge in [-0.1, -0.05) is 11.8 Å². The van der Waals surface area contributed by atoms with Crippen LogP contribution in [0.15, 0.2) is 11.2 Å². The first-order chi connectivity index (χ1) is 12.9. The molecule has 1 amide bonds. The summed E-state index contributed by atoms with van der Waals surface area (Å²) in [5.74, 6) is -1.54. The SMILES string of the molecule is CNC(=O)OC1CC(Oc2cc(NC3CCC(F)(F)CC3)nc(SC)n2)C1. The highest BCUT2D eigenvalue weighted by Crippen LogP contribution is 2.35. The van der Waals surface area contributed by atoms with Gasteiger partial charge in [-0.2, -0.15) is 4.98 Å². The van der Waals surface area contributed by atoms with Crippen molar-refractivity contribution < 1.29 is 23.0 Å². The van der Waals surface area contributed by atoms with E-state index in [0.29, 0.717) is 42.5 Å². The first-order valence-corrected chi connectivity index (χ1v) is 10.2. The first kappa shape index (κ1) is 19.9. The zero-order chi connectivity index (χ0) is 19.4. The summed E-state index contributed by atoms with van der Waals surface area (Å²) in [6.07, 6.45) is 2.98. The second-order valence-corrected chi connectivity index (χ2v) is 7.61. The Morgan fingerprint density at radius 3 is 2.59 bits per heavy atom. The molecule has 2 saturated carbocycles. The average molecular weight is 402 g/mol. The normalized spacial score (nSPS) is 24.6. The van der Waals surface area contributed by atoms with Crippen LogP contribution in [0.4, 0.5) is 19.4 Å². The van der Waals surface area contributed by atoms with Crippen molar-refractivity contribution >= 4 is 23.7 Å². The van der Waals surface area contributed by atoms with Crippen molar-refractivity contribution in [2.75, 3.05) is 18.6 Å². The Kier molecular flexibility index (Phi) is 6.23. The molecule has 2 aliphatic rings. The second-order valence-electron chi connectivity index (χ2n) is 6.84. The monoisotopic (exact) mass is 402 g/mol. The molecule has 150 valence electrons. The molecule has 0 aromatic carbocycles. The van der Waals surface area contributed by atoms with E-state index in [9.17, 15) is 13.6 Å². The minimum Gasteiger partial charge on any atom is -0.474 e. The number of carbonyl (C=O) groups excluding carboxylic acids is 1. The van der Waals surface area contributed by atoms with E-state index in [-0.39, 0.29) is 31.1 Å². The molecule has 0 radical (unpaired) electrons. The number of rotatable bonds is 6. The van der Waals surface area contributed by atoms with Crippen LogP contribution in [-0.2, 0) is 4.74 Å². The number of ether oxygens (including phenoxy) is 2. The van der Waals surface area contributed by atoms with Crippen LogP contribution in [0.2, 0.25) is 0 Å². The van der Waals surface area contributed by atoms with Crippen LogP contribution >= 0.6 is 11.8 Å². The summed E-state index contributed by atoms with van der Waals surface area (Å²) < 4.78 is 37.6. The average Bonchev–Trinajstić information content (AvgIpc) is 2.61. The van der Waals surface area contributed by atoms with E-state index in [4.69, 9.17) is 9.47 Å². The lowest BCUT2D eigenvalue weighted by Crippen LogP contribution is -2.42. The van der Waals surface area contributed by atoms with E-state index < -0.39 is 12.0 Å². The van der Waals surface area contributed by atoms with E-state index in [0.717, 1.165) is 0 Å². The number of alkyl halides is 2. The van der Waals surface area contributed by atoms with Crippen LogP contribution < -0.4 is 15.4 Å². The molecular formula is C17H24F2N4O3S. The summed E-state index contributed by atoms with van der Waals surface area (Å²) in [6, 6.07) is 1.66. The topological polar surface area (TPSA) is 85.4 Å². The highest BCUT2D eigenvalue weighted by molar-refractivity contribution is 7.98. The van der Waals surface area contributed by atoms with Gasteiger partial charge in [0.05, 0.1) is 0 Å². The predicted molar refractivity (Wildman–Crippen MR) is 97.6 cm³/mol. The third kappa shape index (κ3) is 5.57. The number of hydrogen-bond acceptors (Lipinski definition) is 7. The van der Waals surface area contributed by atoms with Crippen molar-refractivity contribution in [1.82, 2.24) is 15.3 Å². The molecule has 2 fully saturated rings. The molecule has 1 aromatic heterocycles. The fraction of sp³-hybridized carbons (Fsp3) is 0.706. The maximum atomic E-state index is 13.3. The largest absolute Gasteiger partial charge is 0.474 e. The molecule has 3 rings (SSSR count). The summed E-state index contributed by atoms with van der Waals surface area (Å²) in [5, 5.41) is 6.19. The van der Waals surface area contributed by atoms with Crippen molar-refractivity contribution in [2.24, 2.45) is 0 Å². The van der Waals surface area contributed by atoms with Gasteiger partial charge in [0.2, 0.25) is 11.8 Å². The molecule has 27 heavy (non-hydrogen) atoms. The van der Waals surface area contributed by atoms with Gasteiger partial charge in [0.25, 0.3) is 0 Å². The van der Waals surface area contributed by atoms with Gasteiger partial charge < -0.3 is 20.1 Å². The number of hydrogen-bond donors (Lipinski definition) is 2. The number of amides is 1. The molecule has 0 aliphatic heterocycles. The Hall–Kier alpha value is -1.84. The van der Waals surface area contributed by atoms with Gasteiger partial charge in [0, 0.05) is 44.8 Å². The smallest absolute Gasteiger partial charge is 0.407 e. The molecule has 0 unspecified atom stereocenters. The van der Waals surface area contributed by atoms with Gasteiger partial charge in [-0.05, 0) is 19.1 Å². The Morgan fingerprint density at radius 2 is 1.96 bits per heavy atom. The predicted octanol–water partition coefficient (Wildman–Crippen LogP) is 3.45. The maximum absolute atomic E-state index is 13.3. The number of nitrogens with zero attached hydrogens (tertiary/aromatic N) is 2. The van der Waals surface area contributed by atoms with Gasteiger partial charge in [-0.3, -0.25) is 0 Å². The third-order valence-electron chi connectivity index (χ3n) is 4.75. The summed E-state index contributed by atoms with van der Waals surface area (Å²) in [7, 11) is 1.52. The van der Waals surface area contributed by atoms with E-state index in [1.807, 2.05) is 6.26 Å². The van der Waals surface area contributed by atoms with E-state index in [2.05, 4.69) is 20.6 Å². The molecule has 1 heterocycles. The number of aromatic nitrogens is 2. The van der Waals surface area contributed by atoms with E-state index in [1.165, 1.54) is 18.8 Å². The fourth-order valence-corrected chi connectivity index (χ4v) is 3.48. The van der Waals surface area contributed by atoms with Crippen LogP contribution in [0.3, 0.4) is 0 Å². The minimum atomic E-state index is -2.56. The van der Waals surface area contributed by atoms with Crippen molar-refractivity contribution in [1.29, 1.82) is 0 Å². The van der Waals surface area contributed by atoms with Crippen molar-refractivity contribution in [3.05, 3.63) is 6.07 Å². The third-order valence-corrected chi connectivity index (χ3v) is 5.30. The molecule has 0 bridgehead atoms. The quantitative estimate of drug-likeness (QED) is 0.557. The first-order valence-electron chi connectivity index (χ1n) is 8.99. The van der Waals surface area contributed by atoms with Gasteiger partial charge in [-0.15, -0.1) is 0 Å². The standard InChI is InChI=1S/C17H24F2N4O3S/c1-20-16(24)26-12-7-11(8-12)25-14-9-13(22-15(23-14)27-2)21-10-3-5-17(18,19)6-4-10/h9-12H,3-8H2,1-2H3,(H,20,24)(H,21,22,23). The Bertz CT molecular complexity index is 664. The van der Waals surface area contributed by atoms with Gasteiger partial charge >= 0.3 is 6.09 Å². The van der Waals surface area contributed by atoms with Crippen LogP contribution in [-0.4, -0.2) is 53.5 Å². The molecular weight excluding hydrogens is 378 g/mol. The fourth-order valence-electron chi connectivity index (χ4n) is 3.11. The van der Waals surface area contributed by atoms with Gasteiger partial charge in [-0.25, -0.2) is 18.6 Å². The van der Waals surface area contributed by atoms with Crippen LogP contribution in [0.25, 0.3) is 0 Å². The lowest BCUT2D eigenvalue weighted by Gasteiger charge is -2.34. The summed E-state index contributed by atoms with van der Waals surface area (Å²) >= 11 is 1.38. The number of thioether (sulfide) groups is 1. The van der Waals surface area contributed by atoms with Crippen LogP contribution in [0.5, 0.6) is 5.88 Å². The van der Waals surface area contributed by atoms with Crippen molar-refractivity contribution in [3.8, 4) is 5.88 Å². The molecule has 0 spiro atoms. The molecule has 10 heteroatoms. The minimum absolute atomic E-state index is 0.0314. The zero-order valence-corrected chi connectivity index (χ0v) is 16.2. The zero-order valence-electron chi connectivity index (χ0n) is 15.3. The van der Waals surface area contributed by atoms with Gasteiger partial charge in [0.15, 0.2) is 5.16 Å². The molecule has 7 nitrogen and oxygen atoms in total. The van der Waals surface area contributed by atoms with Crippen molar-refractivity contribution in [3.63, 3.8) is 0 Å². The summed E-state index contributed by atoms with van der Waals surface area (Å²) in [4.78, 5) is 19.9. The lowest BCUT2D eigenvalue weighted by atomic mass is 9.92. The number of nitrogens with one attached hydrogen (secondary N) is 2. The highest BCUT2D eigenvalue weighted by atomic mass is 32.2. The Balaban J connectivity index is 1.55. The molecule has 1 aromatic rings. The van der Waals surface area contributed by atoms with E-state index >= 15 is 0 Å². The van der Waals surface area contributed by atoms with Crippen LogP contribution in [0.1, 0.15) is 38.5 Å². The summed E-state index contributed by atoms with van der Waals surface area (Å²) in [5.41, 5.74) is 0. The molecule has 2 aliphatic carbocycles.